The van der Waals surface area contributed by atoms with E-state index in [2.05, 4.69) is 9.97 Å². The summed E-state index contributed by atoms with van der Waals surface area (Å²) in [4.78, 5) is 7.07. The van der Waals surface area contributed by atoms with Gasteiger partial charge in [-0.3, -0.25) is 0 Å². The third kappa shape index (κ3) is 1.86. The van der Waals surface area contributed by atoms with Crippen LogP contribution >= 0.6 is 11.3 Å². The molecule has 0 bridgehead atoms. The summed E-state index contributed by atoms with van der Waals surface area (Å²) in [6.45, 7) is 2.01. The molecule has 2 N–H and O–H groups in total. The van der Waals surface area contributed by atoms with Crippen molar-refractivity contribution in [1.29, 1.82) is 0 Å². The second-order valence-corrected chi connectivity index (χ2v) is 4.01. The number of aromatic amines is 1. The molecule has 2 aromatic rings. The first-order valence-electron chi connectivity index (χ1n) is 4.46. The maximum absolute atomic E-state index is 9.91. The van der Waals surface area contributed by atoms with Gasteiger partial charge in [-0.2, -0.15) is 11.3 Å². The van der Waals surface area contributed by atoms with E-state index in [9.17, 15) is 5.11 Å². The topological polar surface area (TPSA) is 48.9 Å². The van der Waals surface area contributed by atoms with Gasteiger partial charge in [0.1, 0.15) is 5.82 Å². The van der Waals surface area contributed by atoms with Crippen LogP contribution in [0.15, 0.2) is 23.2 Å². The van der Waals surface area contributed by atoms with E-state index in [1.165, 1.54) is 0 Å². The molecule has 2 heterocycles. The Morgan fingerprint density at radius 2 is 2.43 bits per heavy atom. The molecule has 0 saturated heterocycles. The Morgan fingerprint density at radius 3 is 3.00 bits per heavy atom. The lowest BCUT2D eigenvalue weighted by molar-refractivity contribution is 0.176. The molecule has 74 valence electrons. The number of rotatable bonds is 3. The fourth-order valence-corrected chi connectivity index (χ4v) is 2.31. The lowest BCUT2D eigenvalue weighted by Crippen LogP contribution is -2.03. The molecule has 2 rings (SSSR count). The first kappa shape index (κ1) is 9.43. The first-order chi connectivity index (χ1) is 6.77. The van der Waals surface area contributed by atoms with Gasteiger partial charge in [0, 0.05) is 18.8 Å². The average molecular weight is 208 g/mol. The molecule has 4 heteroatoms. The quantitative estimate of drug-likeness (QED) is 0.811. The maximum Gasteiger partial charge on any atom is 0.108 e. The molecule has 14 heavy (non-hydrogen) atoms. The molecule has 0 spiro atoms. The summed E-state index contributed by atoms with van der Waals surface area (Å²) >= 11 is 1.62. The number of aliphatic hydroxyl groups excluding tert-OH is 1. The van der Waals surface area contributed by atoms with Crippen LogP contribution in [0.4, 0.5) is 0 Å². The Morgan fingerprint density at radius 1 is 1.57 bits per heavy atom. The molecule has 0 aliphatic heterocycles. The van der Waals surface area contributed by atoms with E-state index in [0.29, 0.717) is 6.42 Å². The van der Waals surface area contributed by atoms with Crippen LogP contribution in [0.5, 0.6) is 0 Å². The standard InChI is InChI=1S/C10H12N2OS/c1-7-5-14-6-8(7)9(13)4-10-11-2-3-12-10/h2-3,5-6,9,13H,4H2,1H3,(H,11,12). The number of hydrogen-bond acceptors (Lipinski definition) is 3. The SMILES string of the molecule is Cc1cscc1C(O)Cc1ncc[nH]1. The van der Waals surface area contributed by atoms with Crippen molar-refractivity contribution >= 4 is 11.3 Å². The zero-order valence-corrected chi connectivity index (χ0v) is 8.71. The smallest absolute Gasteiger partial charge is 0.108 e. The minimum Gasteiger partial charge on any atom is -0.388 e. The zero-order chi connectivity index (χ0) is 9.97. The fourth-order valence-electron chi connectivity index (χ4n) is 1.41. The van der Waals surface area contributed by atoms with E-state index in [1.54, 1.807) is 23.7 Å². The third-order valence-corrected chi connectivity index (χ3v) is 3.08. The van der Waals surface area contributed by atoms with Crippen molar-refractivity contribution in [1.82, 2.24) is 9.97 Å². The summed E-state index contributed by atoms with van der Waals surface area (Å²) in [5.41, 5.74) is 2.15. The first-order valence-corrected chi connectivity index (χ1v) is 5.40. The van der Waals surface area contributed by atoms with Crippen LogP contribution in [0.1, 0.15) is 23.1 Å². The van der Waals surface area contributed by atoms with E-state index < -0.39 is 6.10 Å². The number of thiophene rings is 1. The van der Waals surface area contributed by atoms with Gasteiger partial charge in [-0.15, -0.1) is 0 Å². The Hall–Kier alpha value is -1.13. The summed E-state index contributed by atoms with van der Waals surface area (Å²) in [6.07, 6.45) is 3.56. The van der Waals surface area contributed by atoms with E-state index >= 15 is 0 Å². The number of aliphatic hydroxyl groups is 1. The normalized spacial score (nSPS) is 13.0. The van der Waals surface area contributed by atoms with E-state index in [1.807, 2.05) is 17.7 Å². The van der Waals surface area contributed by atoms with Crippen LogP contribution in [0.3, 0.4) is 0 Å². The monoisotopic (exact) mass is 208 g/mol. The molecule has 0 aliphatic rings. The Labute approximate surface area is 86.4 Å². The largest absolute Gasteiger partial charge is 0.388 e. The highest BCUT2D eigenvalue weighted by Crippen LogP contribution is 2.23. The van der Waals surface area contributed by atoms with Crippen molar-refractivity contribution in [2.24, 2.45) is 0 Å². The van der Waals surface area contributed by atoms with Crippen LogP contribution < -0.4 is 0 Å². The second kappa shape index (κ2) is 3.94. The summed E-state index contributed by atoms with van der Waals surface area (Å²) in [5.74, 6) is 0.822. The molecule has 0 aliphatic carbocycles. The van der Waals surface area contributed by atoms with Crippen molar-refractivity contribution in [3.63, 3.8) is 0 Å². The maximum atomic E-state index is 9.91. The Kier molecular flexibility index (Phi) is 2.65. The summed E-state index contributed by atoms with van der Waals surface area (Å²) < 4.78 is 0. The van der Waals surface area contributed by atoms with E-state index in [0.717, 1.165) is 17.0 Å². The van der Waals surface area contributed by atoms with Gasteiger partial charge in [0.25, 0.3) is 0 Å². The van der Waals surface area contributed by atoms with Gasteiger partial charge in [-0.1, -0.05) is 0 Å². The van der Waals surface area contributed by atoms with E-state index in [4.69, 9.17) is 0 Å². The highest BCUT2D eigenvalue weighted by atomic mass is 32.1. The van der Waals surface area contributed by atoms with Crippen LogP contribution in [0.2, 0.25) is 0 Å². The number of aryl methyl sites for hydroxylation is 1. The molecule has 0 saturated carbocycles. The van der Waals surface area contributed by atoms with Crippen LogP contribution in [-0.4, -0.2) is 15.1 Å². The Bertz CT molecular complexity index is 394. The minimum absolute atomic E-state index is 0.451. The van der Waals surface area contributed by atoms with Crippen molar-refractivity contribution in [2.75, 3.05) is 0 Å². The number of nitrogens with zero attached hydrogens (tertiary/aromatic N) is 1. The van der Waals surface area contributed by atoms with Crippen molar-refractivity contribution in [3.8, 4) is 0 Å². The lowest BCUT2D eigenvalue weighted by Gasteiger charge is -2.08. The molecule has 1 atom stereocenters. The van der Waals surface area contributed by atoms with Gasteiger partial charge in [-0.05, 0) is 28.8 Å². The molecule has 0 radical (unpaired) electrons. The zero-order valence-electron chi connectivity index (χ0n) is 7.90. The molecular formula is C10H12N2OS. The van der Waals surface area contributed by atoms with Gasteiger partial charge in [0.15, 0.2) is 0 Å². The lowest BCUT2D eigenvalue weighted by atomic mass is 10.1. The molecule has 0 aromatic carbocycles. The number of H-pyrrole nitrogens is 1. The van der Waals surface area contributed by atoms with Crippen LogP contribution in [0.25, 0.3) is 0 Å². The van der Waals surface area contributed by atoms with Crippen molar-refractivity contribution in [3.05, 3.63) is 40.1 Å². The Balaban J connectivity index is 2.10. The summed E-state index contributed by atoms with van der Waals surface area (Å²) in [7, 11) is 0. The van der Waals surface area contributed by atoms with Crippen molar-refractivity contribution < 1.29 is 5.11 Å². The third-order valence-electron chi connectivity index (χ3n) is 2.20. The van der Waals surface area contributed by atoms with Gasteiger partial charge in [-0.25, -0.2) is 4.98 Å². The number of imidazole rings is 1. The van der Waals surface area contributed by atoms with Crippen LogP contribution in [0, 0.1) is 6.92 Å². The predicted octanol–water partition coefficient (Wildman–Crippen LogP) is 2.06. The molecule has 2 aromatic heterocycles. The second-order valence-electron chi connectivity index (χ2n) is 3.27. The predicted molar refractivity (Wildman–Crippen MR) is 56.3 cm³/mol. The van der Waals surface area contributed by atoms with E-state index in [-0.39, 0.29) is 0 Å². The highest BCUT2D eigenvalue weighted by Gasteiger charge is 2.12. The molecule has 3 nitrogen and oxygen atoms in total. The van der Waals surface area contributed by atoms with Gasteiger partial charge >= 0.3 is 0 Å². The number of hydrogen-bond donors (Lipinski definition) is 2. The molecular weight excluding hydrogens is 196 g/mol. The van der Waals surface area contributed by atoms with Gasteiger partial charge in [0.05, 0.1) is 6.10 Å². The summed E-state index contributed by atoms with van der Waals surface area (Å²) in [6, 6.07) is 0. The number of nitrogens with one attached hydrogen (secondary N) is 1. The molecule has 0 amide bonds. The molecule has 0 fully saturated rings. The summed E-state index contributed by atoms with van der Waals surface area (Å²) in [5, 5.41) is 13.9. The highest BCUT2D eigenvalue weighted by molar-refractivity contribution is 7.08. The van der Waals surface area contributed by atoms with Gasteiger partial charge in [0.2, 0.25) is 0 Å². The van der Waals surface area contributed by atoms with Crippen LogP contribution in [-0.2, 0) is 6.42 Å². The average Bonchev–Trinajstić information content (AvgIpc) is 2.75. The minimum atomic E-state index is -0.451. The fraction of sp³-hybridized carbons (Fsp3) is 0.300. The van der Waals surface area contributed by atoms with Crippen molar-refractivity contribution in [2.45, 2.75) is 19.4 Å². The number of aromatic nitrogens is 2. The van der Waals surface area contributed by atoms with Gasteiger partial charge < -0.3 is 10.1 Å². The molecule has 1 unspecified atom stereocenters.